The molecule has 0 N–H and O–H groups in total. The Morgan fingerprint density at radius 3 is 2.65 bits per heavy atom. The topological polar surface area (TPSA) is 22.1 Å². The van der Waals surface area contributed by atoms with Crippen LogP contribution in [0.3, 0.4) is 0 Å². The SMILES string of the molecule is Cc1cnc(Oc2cc(C)ccc2Cl)c(Br)c1. The van der Waals surface area contributed by atoms with Gasteiger partial charge >= 0.3 is 0 Å². The Kier molecular flexibility index (Phi) is 3.69. The van der Waals surface area contributed by atoms with Gasteiger partial charge in [0.25, 0.3) is 0 Å². The van der Waals surface area contributed by atoms with Crippen LogP contribution in [0.1, 0.15) is 11.1 Å². The van der Waals surface area contributed by atoms with E-state index in [0.29, 0.717) is 16.7 Å². The summed E-state index contributed by atoms with van der Waals surface area (Å²) in [6.07, 6.45) is 1.75. The molecular formula is C13H11BrClNO. The van der Waals surface area contributed by atoms with Crippen molar-refractivity contribution in [3.05, 3.63) is 51.1 Å². The van der Waals surface area contributed by atoms with Crippen LogP contribution in [0.5, 0.6) is 11.6 Å². The molecule has 2 aromatic rings. The van der Waals surface area contributed by atoms with Crippen molar-refractivity contribution in [3.8, 4) is 11.6 Å². The minimum Gasteiger partial charge on any atom is -0.436 e. The second-order valence-electron chi connectivity index (χ2n) is 3.84. The monoisotopic (exact) mass is 311 g/mol. The molecule has 4 heteroatoms. The van der Waals surface area contributed by atoms with E-state index in [4.69, 9.17) is 16.3 Å². The first-order chi connectivity index (χ1) is 8.06. The van der Waals surface area contributed by atoms with Gasteiger partial charge in [-0.2, -0.15) is 0 Å². The van der Waals surface area contributed by atoms with Gasteiger partial charge in [-0.3, -0.25) is 0 Å². The Bertz CT molecular complexity index is 557. The van der Waals surface area contributed by atoms with Crippen molar-refractivity contribution in [3.63, 3.8) is 0 Å². The van der Waals surface area contributed by atoms with Crippen LogP contribution < -0.4 is 4.74 Å². The van der Waals surface area contributed by atoms with Crippen LogP contribution in [0.2, 0.25) is 5.02 Å². The van der Waals surface area contributed by atoms with E-state index in [-0.39, 0.29) is 0 Å². The maximum absolute atomic E-state index is 6.06. The maximum atomic E-state index is 6.06. The average molecular weight is 313 g/mol. The summed E-state index contributed by atoms with van der Waals surface area (Å²) in [5.41, 5.74) is 2.16. The third kappa shape index (κ3) is 2.99. The van der Waals surface area contributed by atoms with Crippen LogP contribution in [0.25, 0.3) is 0 Å². The quantitative estimate of drug-likeness (QED) is 0.786. The highest BCUT2D eigenvalue weighted by molar-refractivity contribution is 9.10. The van der Waals surface area contributed by atoms with Crippen LogP contribution in [0.4, 0.5) is 0 Å². The van der Waals surface area contributed by atoms with E-state index in [1.165, 1.54) is 0 Å². The van der Waals surface area contributed by atoms with Gasteiger partial charge in [0.2, 0.25) is 5.88 Å². The molecule has 1 aromatic heterocycles. The zero-order valence-electron chi connectivity index (χ0n) is 9.50. The molecule has 0 spiro atoms. The van der Waals surface area contributed by atoms with Gasteiger partial charge < -0.3 is 4.74 Å². The van der Waals surface area contributed by atoms with Gasteiger partial charge in [-0.25, -0.2) is 4.98 Å². The third-order valence-electron chi connectivity index (χ3n) is 2.24. The normalized spacial score (nSPS) is 10.4. The highest BCUT2D eigenvalue weighted by Gasteiger charge is 2.08. The molecule has 17 heavy (non-hydrogen) atoms. The Morgan fingerprint density at radius 1 is 1.18 bits per heavy atom. The molecule has 1 aromatic carbocycles. The molecule has 0 atom stereocenters. The predicted octanol–water partition coefficient (Wildman–Crippen LogP) is 4.91. The zero-order valence-corrected chi connectivity index (χ0v) is 11.8. The van der Waals surface area contributed by atoms with E-state index < -0.39 is 0 Å². The molecule has 0 aliphatic carbocycles. The van der Waals surface area contributed by atoms with E-state index in [0.717, 1.165) is 15.6 Å². The lowest BCUT2D eigenvalue weighted by molar-refractivity contribution is 0.459. The van der Waals surface area contributed by atoms with E-state index in [9.17, 15) is 0 Å². The molecule has 0 aliphatic rings. The molecule has 0 aliphatic heterocycles. The molecule has 0 saturated heterocycles. The first-order valence-electron chi connectivity index (χ1n) is 5.12. The van der Waals surface area contributed by atoms with E-state index >= 15 is 0 Å². The average Bonchev–Trinajstić information content (AvgIpc) is 2.27. The molecule has 0 radical (unpaired) electrons. The Balaban J connectivity index is 2.34. The largest absolute Gasteiger partial charge is 0.436 e. The van der Waals surface area contributed by atoms with Crippen LogP contribution in [-0.2, 0) is 0 Å². The highest BCUT2D eigenvalue weighted by Crippen LogP contribution is 2.32. The van der Waals surface area contributed by atoms with Gasteiger partial charge in [0.05, 0.1) is 9.50 Å². The van der Waals surface area contributed by atoms with Crippen molar-refractivity contribution in [1.29, 1.82) is 0 Å². The Hall–Kier alpha value is -1.06. The van der Waals surface area contributed by atoms with Crippen LogP contribution in [-0.4, -0.2) is 4.98 Å². The number of benzene rings is 1. The molecule has 88 valence electrons. The molecular weight excluding hydrogens is 302 g/mol. The predicted molar refractivity (Wildman–Crippen MR) is 72.9 cm³/mol. The van der Waals surface area contributed by atoms with Gasteiger partial charge in [0.15, 0.2) is 0 Å². The highest BCUT2D eigenvalue weighted by atomic mass is 79.9. The van der Waals surface area contributed by atoms with Crippen LogP contribution >= 0.6 is 27.5 Å². The van der Waals surface area contributed by atoms with E-state index in [1.807, 2.05) is 38.1 Å². The summed E-state index contributed by atoms with van der Waals surface area (Å²) >= 11 is 9.48. The number of rotatable bonds is 2. The number of hydrogen-bond donors (Lipinski definition) is 0. The summed E-state index contributed by atoms with van der Waals surface area (Å²) < 4.78 is 6.50. The fourth-order valence-electron chi connectivity index (χ4n) is 1.39. The number of halogens is 2. The fraction of sp³-hybridized carbons (Fsp3) is 0.154. The van der Waals surface area contributed by atoms with Crippen molar-refractivity contribution in [2.75, 3.05) is 0 Å². The van der Waals surface area contributed by atoms with Crippen molar-refractivity contribution in [2.24, 2.45) is 0 Å². The molecule has 2 rings (SSSR count). The summed E-state index contributed by atoms with van der Waals surface area (Å²) in [5, 5.41) is 0.574. The van der Waals surface area contributed by atoms with E-state index in [2.05, 4.69) is 20.9 Å². The van der Waals surface area contributed by atoms with Gasteiger partial charge in [-0.15, -0.1) is 0 Å². The minimum absolute atomic E-state index is 0.517. The lowest BCUT2D eigenvalue weighted by Gasteiger charge is -2.09. The molecule has 0 fully saturated rings. The molecule has 0 unspecified atom stereocenters. The smallest absolute Gasteiger partial charge is 0.233 e. The lowest BCUT2D eigenvalue weighted by atomic mass is 10.2. The van der Waals surface area contributed by atoms with E-state index in [1.54, 1.807) is 6.20 Å². The Labute approximate surface area is 114 Å². The Morgan fingerprint density at radius 2 is 1.94 bits per heavy atom. The maximum Gasteiger partial charge on any atom is 0.233 e. The van der Waals surface area contributed by atoms with Crippen LogP contribution in [0.15, 0.2) is 34.9 Å². The summed E-state index contributed by atoms with van der Waals surface area (Å²) in [6, 6.07) is 7.59. The number of aryl methyl sites for hydroxylation is 2. The summed E-state index contributed by atoms with van der Waals surface area (Å²) in [7, 11) is 0. The first-order valence-corrected chi connectivity index (χ1v) is 6.29. The standard InChI is InChI=1S/C13H11BrClNO/c1-8-3-4-11(15)12(6-8)17-13-10(14)5-9(2)7-16-13/h3-7H,1-2H3. The number of aromatic nitrogens is 1. The third-order valence-corrected chi connectivity index (χ3v) is 3.12. The first kappa shape index (κ1) is 12.4. The molecule has 1 heterocycles. The van der Waals surface area contributed by atoms with Gasteiger partial charge in [-0.1, -0.05) is 17.7 Å². The van der Waals surface area contributed by atoms with Crippen molar-refractivity contribution >= 4 is 27.5 Å². The number of ether oxygens (including phenoxy) is 1. The molecule has 0 bridgehead atoms. The lowest BCUT2D eigenvalue weighted by Crippen LogP contribution is -1.91. The number of nitrogens with zero attached hydrogens (tertiary/aromatic N) is 1. The van der Waals surface area contributed by atoms with Gasteiger partial charge in [-0.05, 0) is 59.1 Å². The molecule has 2 nitrogen and oxygen atoms in total. The second kappa shape index (κ2) is 5.07. The zero-order chi connectivity index (χ0) is 12.4. The molecule has 0 amide bonds. The van der Waals surface area contributed by atoms with Crippen molar-refractivity contribution in [2.45, 2.75) is 13.8 Å². The van der Waals surface area contributed by atoms with Crippen LogP contribution in [0, 0.1) is 13.8 Å². The van der Waals surface area contributed by atoms with Gasteiger partial charge in [0, 0.05) is 6.20 Å². The second-order valence-corrected chi connectivity index (χ2v) is 5.10. The summed E-state index contributed by atoms with van der Waals surface area (Å²) in [4.78, 5) is 4.22. The minimum atomic E-state index is 0.517. The van der Waals surface area contributed by atoms with Crippen molar-refractivity contribution < 1.29 is 4.74 Å². The summed E-state index contributed by atoms with van der Waals surface area (Å²) in [6.45, 7) is 3.96. The number of pyridine rings is 1. The fourth-order valence-corrected chi connectivity index (χ4v) is 2.09. The van der Waals surface area contributed by atoms with Gasteiger partial charge in [0.1, 0.15) is 5.75 Å². The summed E-state index contributed by atoms with van der Waals surface area (Å²) in [5.74, 6) is 1.13. The van der Waals surface area contributed by atoms with Crippen molar-refractivity contribution in [1.82, 2.24) is 4.98 Å². The molecule has 0 saturated carbocycles. The number of hydrogen-bond acceptors (Lipinski definition) is 2.